The Balaban J connectivity index is 1.51. The molecule has 168 valence electrons. The highest BCUT2D eigenvalue weighted by Crippen LogP contribution is 2.34. The highest BCUT2D eigenvalue weighted by atomic mass is 35.5. The minimum Gasteiger partial charge on any atom is -0.322 e. The number of rotatable bonds is 5. The fraction of sp³-hybridized carbons (Fsp3) is 0.0370. The monoisotopic (exact) mass is 487 g/mol. The first-order valence-electron chi connectivity index (χ1n) is 10.5. The van der Waals surface area contributed by atoms with Gasteiger partial charge in [-0.2, -0.15) is 5.10 Å². The van der Waals surface area contributed by atoms with Crippen molar-refractivity contribution in [2.45, 2.75) is 4.90 Å². The lowest BCUT2D eigenvalue weighted by Crippen LogP contribution is -2.13. The molecule has 0 aliphatic carbocycles. The van der Waals surface area contributed by atoms with Crippen LogP contribution in [-0.4, -0.2) is 22.4 Å². The lowest BCUT2D eigenvalue weighted by molar-refractivity contribution is 0.102. The number of fused-ring (bicyclic) bond motifs is 1. The van der Waals surface area contributed by atoms with Gasteiger partial charge < -0.3 is 5.32 Å². The predicted molar refractivity (Wildman–Crippen MR) is 138 cm³/mol. The minimum atomic E-state index is -0.324. The molecule has 0 aliphatic heterocycles. The molecule has 5 rings (SSSR count). The Morgan fingerprint density at radius 1 is 0.971 bits per heavy atom. The molecule has 0 spiro atoms. The van der Waals surface area contributed by atoms with Gasteiger partial charge in [-0.15, -0.1) is 11.8 Å². The number of H-pyrrole nitrogens is 1. The van der Waals surface area contributed by atoms with E-state index < -0.39 is 0 Å². The lowest BCUT2D eigenvalue weighted by atomic mass is 9.99. The molecule has 5 aromatic rings. The molecule has 2 N–H and O–H groups in total. The molecule has 0 aliphatic rings. The van der Waals surface area contributed by atoms with Crippen LogP contribution in [0.3, 0.4) is 0 Å². The van der Waals surface area contributed by atoms with Crippen LogP contribution < -0.4 is 5.32 Å². The Hall–Kier alpha value is -3.61. The number of benzene rings is 4. The van der Waals surface area contributed by atoms with Crippen molar-refractivity contribution in [1.29, 1.82) is 0 Å². The van der Waals surface area contributed by atoms with Gasteiger partial charge in [0.25, 0.3) is 5.91 Å². The molecule has 0 atom stereocenters. The predicted octanol–water partition coefficient (Wildman–Crippen LogP) is 7.66. The van der Waals surface area contributed by atoms with E-state index in [-0.39, 0.29) is 11.7 Å². The molecule has 1 aromatic heterocycles. The minimum absolute atomic E-state index is 0.271. The van der Waals surface area contributed by atoms with Gasteiger partial charge in [-0.1, -0.05) is 41.9 Å². The normalized spacial score (nSPS) is 11.0. The molecule has 4 aromatic carbocycles. The third-order valence-corrected chi connectivity index (χ3v) is 6.63. The largest absolute Gasteiger partial charge is 0.322 e. The van der Waals surface area contributed by atoms with Crippen LogP contribution in [0.25, 0.3) is 33.3 Å². The average Bonchev–Trinajstić information content (AvgIpc) is 3.29. The number of para-hydroxylation sites is 1. The van der Waals surface area contributed by atoms with Gasteiger partial charge in [0.1, 0.15) is 11.5 Å². The maximum absolute atomic E-state index is 13.5. The van der Waals surface area contributed by atoms with Gasteiger partial charge in [-0.05, 0) is 72.0 Å². The topological polar surface area (TPSA) is 57.8 Å². The van der Waals surface area contributed by atoms with Gasteiger partial charge in [0.05, 0.1) is 10.5 Å². The molecule has 34 heavy (non-hydrogen) atoms. The van der Waals surface area contributed by atoms with E-state index in [0.717, 1.165) is 26.9 Å². The number of aromatic amines is 1. The van der Waals surface area contributed by atoms with Crippen LogP contribution >= 0.6 is 23.4 Å². The Kier molecular flexibility index (Phi) is 6.09. The first-order valence-corrected chi connectivity index (χ1v) is 12.1. The molecule has 1 amide bonds. The number of amides is 1. The van der Waals surface area contributed by atoms with Crippen molar-refractivity contribution >= 4 is 45.9 Å². The van der Waals surface area contributed by atoms with Crippen LogP contribution in [0.1, 0.15) is 10.4 Å². The summed E-state index contributed by atoms with van der Waals surface area (Å²) in [6.45, 7) is 0. The third-order valence-electron chi connectivity index (χ3n) is 5.58. The summed E-state index contributed by atoms with van der Waals surface area (Å²) in [5.41, 5.74) is 4.92. The highest BCUT2D eigenvalue weighted by molar-refractivity contribution is 7.98. The fourth-order valence-corrected chi connectivity index (χ4v) is 4.52. The molecule has 4 nitrogen and oxygen atoms in total. The van der Waals surface area contributed by atoms with E-state index in [0.29, 0.717) is 27.5 Å². The van der Waals surface area contributed by atoms with Crippen LogP contribution in [0.15, 0.2) is 89.8 Å². The summed E-state index contributed by atoms with van der Waals surface area (Å²) in [5.74, 6) is -0.595. The van der Waals surface area contributed by atoms with Gasteiger partial charge in [0, 0.05) is 27.1 Å². The van der Waals surface area contributed by atoms with Gasteiger partial charge >= 0.3 is 0 Å². The summed E-state index contributed by atoms with van der Waals surface area (Å²) in [5, 5.41) is 11.9. The van der Waals surface area contributed by atoms with Crippen molar-refractivity contribution in [3.05, 3.63) is 101 Å². The number of aromatic nitrogens is 2. The summed E-state index contributed by atoms with van der Waals surface area (Å²) in [6, 6.07) is 24.9. The second-order valence-corrected chi connectivity index (χ2v) is 8.97. The van der Waals surface area contributed by atoms with Crippen LogP contribution in [-0.2, 0) is 0 Å². The van der Waals surface area contributed by atoms with Crippen molar-refractivity contribution in [1.82, 2.24) is 10.2 Å². The number of nitrogens with zero attached hydrogens (tertiary/aromatic N) is 1. The Bertz CT molecular complexity index is 1510. The smallest absolute Gasteiger partial charge is 0.256 e. The molecule has 0 saturated heterocycles. The molecule has 0 fully saturated rings. The van der Waals surface area contributed by atoms with E-state index in [4.69, 9.17) is 11.6 Å². The van der Waals surface area contributed by atoms with E-state index in [1.165, 1.54) is 12.1 Å². The van der Waals surface area contributed by atoms with Gasteiger partial charge in [-0.25, -0.2) is 4.39 Å². The second kappa shape index (κ2) is 9.33. The third kappa shape index (κ3) is 4.30. The quantitative estimate of drug-likeness (QED) is 0.250. The number of hydrogen-bond acceptors (Lipinski definition) is 3. The number of carbonyl (C=O) groups is 1. The number of nitrogens with one attached hydrogen (secondary N) is 2. The van der Waals surface area contributed by atoms with Crippen LogP contribution in [0.2, 0.25) is 5.02 Å². The number of anilines is 1. The zero-order chi connectivity index (χ0) is 23.7. The van der Waals surface area contributed by atoms with E-state index in [1.807, 2.05) is 48.7 Å². The molecule has 1 heterocycles. The average molecular weight is 488 g/mol. The lowest BCUT2D eigenvalue weighted by Gasteiger charge is -2.13. The summed E-state index contributed by atoms with van der Waals surface area (Å²) in [6.07, 6.45) is 1.97. The summed E-state index contributed by atoms with van der Waals surface area (Å²) >= 11 is 8.07. The van der Waals surface area contributed by atoms with Crippen molar-refractivity contribution in [2.75, 3.05) is 11.6 Å². The number of hydrogen-bond donors (Lipinski definition) is 2. The van der Waals surface area contributed by atoms with Gasteiger partial charge in [-0.3, -0.25) is 9.89 Å². The number of halogens is 2. The first-order chi connectivity index (χ1) is 16.5. The molecule has 0 saturated carbocycles. The van der Waals surface area contributed by atoms with E-state index in [9.17, 15) is 9.18 Å². The molecule has 0 bridgehead atoms. The highest BCUT2D eigenvalue weighted by Gasteiger charge is 2.17. The van der Waals surface area contributed by atoms with Crippen molar-refractivity contribution in [3.63, 3.8) is 0 Å². The molecule has 0 radical (unpaired) electrons. The fourth-order valence-electron chi connectivity index (χ4n) is 3.87. The van der Waals surface area contributed by atoms with E-state index in [1.54, 1.807) is 42.1 Å². The Morgan fingerprint density at radius 2 is 1.76 bits per heavy atom. The molecule has 0 unspecified atom stereocenters. The Labute approximate surface area is 205 Å². The maximum Gasteiger partial charge on any atom is 0.256 e. The standard InChI is InChI=1S/C27H19ClFN3OS/c1-34-19-11-12-20(22(15-19)16-6-8-17(29)9-7-16)27(33)30-18-10-13-24(28)23(14-18)26-21-4-2-3-5-25(21)31-32-26/h2-15H,1H3,(H,30,33)(H,31,32). The zero-order valence-corrected chi connectivity index (χ0v) is 19.7. The first kappa shape index (κ1) is 22.2. The number of carbonyl (C=O) groups excluding carboxylic acids is 1. The zero-order valence-electron chi connectivity index (χ0n) is 18.1. The summed E-state index contributed by atoms with van der Waals surface area (Å²) in [4.78, 5) is 14.3. The van der Waals surface area contributed by atoms with Crippen LogP contribution in [0, 0.1) is 5.82 Å². The maximum atomic E-state index is 13.5. The van der Waals surface area contributed by atoms with E-state index in [2.05, 4.69) is 15.5 Å². The van der Waals surface area contributed by atoms with Crippen molar-refractivity contribution in [3.8, 4) is 22.4 Å². The van der Waals surface area contributed by atoms with Crippen LogP contribution in [0.5, 0.6) is 0 Å². The second-order valence-electron chi connectivity index (χ2n) is 7.68. The SMILES string of the molecule is CSc1ccc(C(=O)Nc2ccc(Cl)c(-c3n[nH]c4ccccc34)c2)c(-c2ccc(F)cc2)c1. The van der Waals surface area contributed by atoms with Gasteiger partial charge in [0.2, 0.25) is 0 Å². The number of thioether (sulfide) groups is 1. The summed E-state index contributed by atoms with van der Waals surface area (Å²) in [7, 11) is 0. The van der Waals surface area contributed by atoms with Crippen molar-refractivity contribution < 1.29 is 9.18 Å². The summed E-state index contributed by atoms with van der Waals surface area (Å²) < 4.78 is 13.5. The van der Waals surface area contributed by atoms with Gasteiger partial charge in [0.15, 0.2) is 0 Å². The van der Waals surface area contributed by atoms with Crippen LogP contribution in [0.4, 0.5) is 10.1 Å². The molecule has 7 heteroatoms. The molecular formula is C27H19ClFN3OS. The van der Waals surface area contributed by atoms with Crippen molar-refractivity contribution in [2.24, 2.45) is 0 Å². The Morgan fingerprint density at radius 3 is 2.56 bits per heavy atom. The van der Waals surface area contributed by atoms with E-state index >= 15 is 0 Å². The molecular weight excluding hydrogens is 469 g/mol.